The van der Waals surface area contributed by atoms with Crippen LogP contribution in [0.1, 0.15) is 20.8 Å². The molecule has 1 N–H and O–H groups in total. The second-order valence-electron chi connectivity index (χ2n) is 5.91. The van der Waals surface area contributed by atoms with E-state index >= 15 is 0 Å². The Hall–Kier alpha value is -2.24. The fourth-order valence-electron chi connectivity index (χ4n) is 2.33. The van der Waals surface area contributed by atoms with E-state index in [2.05, 4.69) is 5.32 Å². The molecule has 7 heteroatoms. The van der Waals surface area contributed by atoms with Crippen LogP contribution in [0.5, 0.6) is 5.75 Å². The van der Waals surface area contributed by atoms with E-state index in [1.165, 1.54) is 11.8 Å². The zero-order valence-electron chi connectivity index (χ0n) is 14.8. The molecular formula is C19H20Cl2N2O3. The maximum absolute atomic E-state index is 12.5. The summed E-state index contributed by atoms with van der Waals surface area (Å²) in [5, 5.41) is 3.49. The first kappa shape index (κ1) is 20.1. The Kier molecular flexibility index (Phi) is 6.89. The van der Waals surface area contributed by atoms with Crippen molar-refractivity contribution in [1.82, 2.24) is 0 Å². The third-order valence-electron chi connectivity index (χ3n) is 3.40. The van der Waals surface area contributed by atoms with Crippen LogP contribution in [-0.2, 0) is 9.59 Å². The number of anilines is 2. The average Bonchev–Trinajstić information content (AvgIpc) is 2.56. The molecular weight excluding hydrogens is 375 g/mol. The Morgan fingerprint density at radius 2 is 1.85 bits per heavy atom. The summed E-state index contributed by atoms with van der Waals surface area (Å²) in [6.45, 7) is 4.99. The summed E-state index contributed by atoms with van der Waals surface area (Å²) in [6.07, 6.45) is -0.0657. The minimum Gasteiger partial charge on any atom is -0.489 e. The van der Waals surface area contributed by atoms with Gasteiger partial charge in [-0.2, -0.15) is 0 Å². The van der Waals surface area contributed by atoms with Gasteiger partial charge in [-0.25, -0.2) is 0 Å². The largest absolute Gasteiger partial charge is 0.489 e. The lowest BCUT2D eigenvalue weighted by atomic mass is 10.2. The van der Waals surface area contributed by atoms with Gasteiger partial charge in [0.25, 0.3) is 0 Å². The normalized spacial score (nSPS) is 10.5. The molecule has 2 aromatic carbocycles. The van der Waals surface area contributed by atoms with Gasteiger partial charge < -0.3 is 10.1 Å². The van der Waals surface area contributed by atoms with Crippen molar-refractivity contribution in [3.63, 3.8) is 0 Å². The lowest BCUT2D eigenvalue weighted by molar-refractivity contribution is -0.120. The van der Waals surface area contributed by atoms with Gasteiger partial charge in [-0.05, 0) is 44.2 Å². The molecule has 0 aliphatic carbocycles. The molecule has 0 aliphatic rings. The molecule has 0 saturated heterocycles. The number of ether oxygens (including phenoxy) is 1. The molecule has 0 fully saturated rings. The summed E-state index contributed by atoms with van der Waals surface area (Å²) in [6, 6.07) is 11.9. The third-order valence-corrected chi connectivity index (χ3v) is 3.97. The molecule has 2 aromatic rings. The first-order chi connectivity index (χ1) is 12.3. The van der Waals surface area contributed by atoms with Crippen LogP contribution in [0.2, 0.25) is 10.0 Å². The molecule has 0 radical (unpaired) electrons. The molecule has 0 bridgehead atoms. The van der Waals surface area contributed by atoms with E-state index in [4.69, 9.17) is 27.9 Å². The van der Waals surface area contributed by atoms with Crippen molar-refractivity contribution < 1.29 is 14.3 Å². The van der Waals surface area contributed by atoms with E-state index in [-0.39, 0.29) is 18.6 Å². The molecule has 0 heterocycles. The highest BCUT2D eigenvalue weighted by Crippen LogP contribution is 2.30. The first-order valence-corrected chi connectivity index (χ1v) is 8.82. The summed E-state index contributed by atoms with van der Waals surface area (Å²) in [5.74, 6) is -0.146. The monoisotopic (exact) mass is 394 g/mol. The number of halogens is 2. The van der Waals surface area contributed by atoms with Gasteiger partial charge in [-0.1, -0.05) is 35.3 Å². The van der Waals surface area contributed by atoms with Crippen molar-refractivity contribution >= 4 is 46.4 Å². The van der Waals surface area contributed by atoms with Crippen LogP contribution in [0.3, 0.4) is 0 Å². The van der Waals surface area contributed by atoms with Gasteiger partial charge in [0.15, 0.2) is 0 Å². The smallest absolute Gasteiger partial charge is 0.244 e. The minimum atomic E-state index is -0.399. The number of nitrogens with zero attached hydrogens (tertiary/aromatic N) is 1. The van der Waals surface area contributed by atoms with Crippen molar-refractivity contribution in [3.05, 3.63) is 52.5 Å². The Labute approximate surface area is 162 Å². The molecule has 0 aromatic heterocycles. The van der Waals surface area contributed by atoms with Crippen molar-refractivity contribution in [2.45, 2.75) is 26.9 Å². The Balaban J connectivity index is 2.22. The molecule has 0 unspecified atom stereocenters. The van der Waals surface area contributed by atoms with E-state index < -0.39 is 5.91 Å². The van der Waals surface area contributed by atoms with Crippen molar-refractivity contribution in [1.29, 1.82) is 0 Å². The average molecular weight is 395 g/mol. The van der Waals surface area contributed by atoms with E-state index in [0.717, 1.165) is 0 Å². The van der Waals surface area contributed by atoms with E-state index in [1.807, 2.05) is 19.9 Å². The molecule has 26 heavy (non-hydrogen) atoms. The number of para-hydroxylation sites is 2. The molecule has 0 spiro atoms. The van der Waals surface area contributed by atoms with Crippen LogP contribution in [0.4, 0.5) is 11.4 Å². The Morgan fingerprint density at radius 3 is 2.50 bits per heavy atom. The number of carbonyl (C=O) groups excluding carboxylic acids is 2. The zero-order valence-corrected chi connectivity index (χ0v) is 16.3. The maximum atomic E-state index is 12.5. The Morgan fingerprint density at radius 1 is 1.15 bits per heavy atom. The van der Waals surface area contributed by atoms with E-state index in [9.17, 15) is 9.59 Å². The van der Waals surface area contributed by atoms with Crippen molar-refractivity contribution in [2.24, 2.45) is 0 Å². The number of nitrogens with one attached hydrogen (secondary N) is 1. The third kappa shape index (κ3) is 5.38. The molecule has 138 valence electrons. The number of hydrogen-bond donors (Lipinski definition) is 1. The predicted octanol–water partition coefficient (Wildman–Crippen LogP) is 4.77. The summed E-state index contributed by atoms with van der Waals surface area (Å²) in [5.41, 5.74) is 0.917. The van der Waals surface area contributed by atoms with Gasteiger partial charge in [-0.15, -0.1) is 0 Å². The topological polar surface area (TPSA) is 58.6 Å². The van der Waals surface area contributed by atoms with Gasteiger partial charge >= 0.3 is 0 Å². The zero-order chi connectivity index (χ0) is 19.3. The molecule has 5 nitrogen and oxygen atoms in total. The minimum absolute atomic E-state index is 0.0657. The quantitative estimate of drug-likeness (QED) is 0.767. The second kappa shape index (κ2) is 8.92. The number of rotatable bonds is 6. The standard InChI is InChI=1S/C19H20Cl2N2O3/c1-12(2)26-18-7-5-4-6-17(18)23(13(3)24)11-19(25)22-16-10-14(20)8-9-15(16)21/h4-10,12H,11H2,1-3H3,(H,22,25). The lowest BCUT2D eigenvalue weighted by Crippen LogP contribution is -2.37. The van der Waals surface area contributed by atoms with Crippen LogP contribution < -0.4 is 15.0 Å². The summed E-state index contributed by atoms with van der Waals surface area (Å²) >= 11 is 12.0. The molecule has 0 atom stereocenters. The van der Waals surface area contributed by atoms with Gasteiger partial charge in [0.2, 0.25) is 11.8 Å². The van der Waals surface area contributed by atoms with Crippen LogP contribution in [-0.4, -0.2) is 24.5 Å². The first-order valence-electron chi connectivity index (χ1n) is 8.06. The van der Waals surface area contributed by atoms with Gasteiger partial charge in [0.05, 0.1) is 22.5 Å². The molecule has 2 amide bonds. The number of amides is 2. The van der Waals surface area contributed by atoms with Gasteiger partial charge in [0, 0.05) is 11.9 Å². The van der Waals surface area contributed by atoms with Gasteiger partial charge in [-0.3, -0.25) is 14.5 Å². The van der Waals surface area contributed by atoms with Crippen LogP contribution in [0, 0.1) is 0 Å². The highest BCUT2D eigenvalue weighted by Gasteiger charge is 2.20. The lowest BCUT2D eigenvalue weighted by Gasteiger charge is -2.24. The summed E-state index contributed by atoms with van der Waals surface area (Å²) < 4.78 is 5.75. The molecule has 0 saturated carbocycles. The SMILES string of the molecule is CC(=O)N(CC(=O)Nc1cc(Cl)ccc1Cl)c1ccccc1OC(C)C. The molecule has 0 aliphatic heterocycles. The fraction of sp³-hybridized carbons (Fsp3) is 0.263. The number of hydrogen-bond acceptors (Lipinski definition) is 3. The number of benzene rings is 2. The van der Waals surface area contributed by atoms with Gasteiger partial charge in [0.1, 0.15) is 12.3 Å². The van der Waals surface area contributed by atoms with Crippen molar-refractivity contribution in [3.8, 4) is 5.75 Å². The van der Waals surface area contributed by atoms with Crippen LogP contribution >= 0.6 is 23.2 Å². The van der Waals surface area contributed by atoms with Crippen LogP contribution in [0.25, 0.3) is 0 Å². The summed E-state index contributed by atoms with van der Waals surface area (Å²) in [4.78, 5) is 25.9. The highest BCUT2D eigenvalue weighted by atomic mass is 35.5. The van der Waals surface area contributed by atoms with Crippen LogP contribution in [0.15, 0.2) is 42.5 Å². The highest BCUT2D eigenvalue weighted by molar-refractivity contribution is 6.35. The summed E-state index contributed by atoms with van der Waals surface area (Å²) in [7, 11) is 0. The van der Waals surface area contributed by atoms with Crippen molar-refractivity contribution in [2.75, 3.05) is 16.8 Å². The van der Waals surface area contributed by atoms with E-state index in [1.54, 1.807) is 36.4 Å². The van der Waals surface area contributed by atoms with E-state index in [0.29, 0.717) is 27.2 Å². The fourth-order valence-corrected chi connectivity index (χ4v) is 2.66. The predicted molar refractivity (Wildman–Crippen MR) is 105 cm³/mol. The maximum Gasteiger partial charge on any atom is 0.244 e. The number of carbonyl (C=O) groups is 2. The molecule has 2 rings (SSSR count). The Bertz CT molecular complexity index is 809. The second-order valence-corrected chi connectivity index (χ2v) is 6.76.